The van der Waals surface area contributed by atoms with E-state index in [1.54, 1.807) is 24.4 Å². The predicted octanol–water partition coefficient (Wildman–Crippen LogP) is 2.70. The second-order valence-corrected chi connectivity index (χ2v) is 11.3. The van der Waals surface area contributed by atoms with Crippen molar-refractivity contribution < 1.29 is 17.3 Å². The summed E-state index contributed by atoms with van der Waals surface area (Å²) in [6, 6.07) is 6.80. The van der Waals surface area contributed by atoms with Gasteiger partial charge in [-0.05, 0) is 37.1 Å². The summed E-state index contributed by atoms with van der Waals surface area (Å²) in [5.41, 5.74) is 1.85. The number of aromatic nitrogens is 2. The molecule has 1 spiro atoms. The van der Waals surface area contributed by atoms with Crippen LogP contribution in [-0.2, 0) is 21.5 Å². The van der Waals surface area contributed by atoms with Crippen molar-refractivity contribution in [2.75, 3.05) is 31.2 Å². The van der Waals surface area contributed by atoms with Gasteiger partial charge in [0, 0.05) is 64.2 Å². The number of hydrogen-bond acceptors (Lipinski definition) is 5. The molecule has 162 valence electrons. The molecule has 2 saturated heterocycles. The Kier molecular flexibility index (Phi) is 3.36. The molecule has 31 heavy (non-hydrogen) atoms. The fourth-order valence-corrected chi connectivity index (χ4v) is 6.53. The molecule has 3 aromatic rings. The van der Waals surface area contributed by atoms with Crippen LogP contribution >= 0.6 is 0 Å². The second kappa shape index (κ2) is 6.46. The van der Waals surface area contributed by atoms with Gasteiger partial charge < -0.3 is 19.2 Å². The number of nitrogens with one attached hydrogen (secondary N) is 1. The van der Waals surface area contributed by atoms with Crippen LogP contribution in [0.4, 0.5) is 5.69 Å². The number of H-pyrrole nitrogens is 1. The molecule has 1 N–H and O–H groups in total. The zero-order valence-corrected chi connectivity index (χ0v) is 17.7. The minimum absolute atomic E-state index is 0.167. The van der Waals surface area contributed by atoms with Crippen LogP contribution in [0.3, 0.4) is 0 Å². The van der Waals surface area contributed by atoms with Gasteiger partial charge in [0.25, 0.3) is 5.56 Å². The maximum Gasteiger partial charge on any atom is 0.274 e. The number of aryl methyl sites for hydroxylation is 1. The number of benzene rings is 1. The minimum atomic E-state index is -3.60. The minimum Gasteiger partial charge on any atom is -0.379 e. The first-order valence-corrected chi connectivity index (χ1v) is 12.1. The number of nitrogens with zero attached hydrogens (tertiary/aromatic N) is 2. The van der Waals surface area contributed by atoms with E-state index >= 15 is 0 Å². The van der Waals surface area contributed by atoms with Crippen molar-refractivity contribution in [1.29, 1.82) is 0 Å². The summed E-state index contributed by atoms with van der Waals surface area (Å²) in [6.07, 6.45) is 6.55. The van der Waals surface area contributed by atoms with Crippen LogP contribution < -0.4 is 10.5 Å². The summed E-state index contributed by atoms with van der Waals surface area (Å²) in [7, 11) is -3.60. The quantitative estimate of drug-likeness (QED) is 0.672. The summed E-state index contributed by atoms with van der Waals surface area (Å²) in [4.78, 5) is 18.1. The molecule has 8 heteroatoms. The SMILES string of the molecule is [2H]C([2H])([2H])n1cc(-c2cc(S(=O)(=O)C3COC3)ccc2N2CC3(CCC3)C2)c2cc[nH]c2c1=O. The number of rotatable bonds is 4. The van der Waals surface area contributed by atoms with Crippen molar-refractivity contribution in [3.05, 3.63) is 47.0 Å². The van der Waals surface area contributed by atoms with Gasteiger partial charge in [-0.1, -0.05) is 6.42 Å². The van der Waals surface area contributed by atoms with Crippen LogP contribution in [0.25, 0.3) is 22.0 Å². The van der Waals surface area contributed by atoms with Gasteiger partial charge in [0.1, 0.15) is 10.8 Å². The molecule has 1 aliphatic carbocycles. The lowest BCUT2D eigenvalue weighted by atomic mass is 9.63. The number of aromatic amines is 1. The molecule has 1 aromatic carbocycles. The van der Waals surface area contributed by atoms with Crippen molar-refractivity contribution >= 4 is 26.4 Å². The molecule has 0 radical (unpaired) electrons. The molecule has 2 aliphatic heterocycles. The van der Waals surface area contributed by atoms with Gasteiger partial charge in [-0.3, -0.25) is 4.79 Å². The van der Waals surface area contributed by atoms with E-state index in [0.29, 0.717) is 21.9 Å². The van der Waals surface area contributed by atoms with Gasteiger partial charge in [0.15, 0.2) is 9.84 Å². The maximum atomic E-state index is 13.2. The van der Waals surface area contributed by atoms with E-state index in [-0.39, 0.29) is 23.6 Å². The monoisotopic (exact) mass is 442 g/mol. The number of hydrogen-bond donors (Lipinski definition) is 1. The zero-order chi connectivity index (χ0) is 23.9. The highest BCUT2D eigenvalue weighted by atomic mass is 32.2. The lowest BCUT2D eigenvalue weighted by Crippen LogP contribution is -2.60. The topological polar surface area (TPSA) is 84.4 Å². The van der Waals surface area contributed by atoms with E-state index in [1.165, 1.54) is 25.5 Å². The third kappa shape index (κ3) is 2.74. The number of ether oxygens (including phenoxy) is 1. The standard InChI is InChI=1S/C23H25N3O4S/c1-25-10-19(17-5-8-24-21(17)22(25)27)18-9-15(31(28,29)16-11-30-12-16)3-4-20(18)26-13-23(14-26)6-2-7-23/h3-5,8-10,16,24H,2,6-7,11-14H2,1H3/i1D3. The Morgan fingerprint density at radius 2 is 2.00 bits per heavy atom. The summed E-state index contributed by atoms with van der Waals surface area (Å²) < 4.78 is 55.8. The summed E-state index contributed by atoms with van der Waals surface area (Å²) >= 11 is 0. The first-order valence-electron chi connectivity index (χ1n) is 12.0. The second-order valence-electron chi connectivity index (χ2n) is 9.08. The highest BCUT2D eigenvalue weighted by Crippen LogP contribution is 2.51. The van der Waals surface area contributed by atoms with E-state index in [1.807, 2.05) is 6.07 Å². The molecule has 0 bridgehead atoms. The van der Waals surface area contributed by atoms with E-state index in [4.69, 9.17) is 8.85 Å². The van der Waals surface area contributed by atoms with Gasteiger partial charge in [-0.25, -0.2) is 8.42 Å². The zero-order valence-electron chi connectivity index (χ0n) is 19.9. The molecule has 3 aliphatic rings. The van der Waals surface area contributed by atoms with Crippen LogP contribution in [0.1, 0.15) is 23.4 Å². The lowest BCUT2D eigenvalue weighted by Gasteiger charge is -2.57. The van der Waals surface area contributed by atoms with E-state index < -0.39 is 27.6 Å². The van der Waals surface area contributed by atoms with E-state index in [9.17, 15) is 13.2 Å². The van der Waals surface area contributed by atoms with Gasteiger partial charge in [0.05, 0.1) is 18.1 Å². The first kappa shape index (κ1) is 16.1. The van der Waals surface area contributed by atoms with Gasteiger partial charge in [0.2, 0.25) is 0 Å². The highest BCUT2D eigenvalue weighted by molar-refractivity contribution is 7.92. The Morgan fingerprint density at radius 3 is 2.65 bits per heavy atom. The van der Waals surface area contributed by atoms with Crippen molar-refractivity contribution in [3.8, 4) is 11.1 Å². The Hall–Kier alpha value is -2.58. The molecular formula is C23H25N3O4S. The largest absolute Gasteiger partial charge is 0.379 e. The van der Waals surface area contributed by atoms with E-state index in [0.717, 1.165) is 23.3 Å². The third-order valence-corrected chi connectivity index (χ3v) is 9.23. The Bertz CT molecular complexity index is 1460. The average Bonchev–Trinajstić information content (AvgIpc) is 3.14. The summed E-state index contributed by atoms with van der Waals surface area (Å²) in [5.74, 6) is 0. The van der Waals surface area contributed by atoms with Crippen molar-refractivity contribution in [1.82, 2.24) is 9.55 Å². The summed E-state index contributed by atoms with van der Waals surface area (Å²) in [6.45, 7) is -0.569. The number of fused-ring (bicyclic) bond motifs is 1. The third-order valence-electron chi connectivity index (χ3n) is 7.17. The number of anilines is 1. The molecule has 4 heterocycles. The number of sulfone groups is 1. The molecule has 1 saturated carbocycles. The highest BCUT2D eigenvalue weighted by Gasteiger charge is 2.48. The van der Waals surface area contributed by atoms with Crippen LogP contribution in [0, 0.1) is 5.41 Å². The van der Waals surface area contributed by atoms with Gasteiger partial charge in [-0.2, -0.15) is 0 Å². The molecule has 6 rings (SSSR count). The molecule has 0 unspecified atom stereocenters. The lowest BCUT2D eigenvalue weighted by molar-refractivity contribution is 0.0416. The van der Waals surface area contributed by atoms with Crippen molar-refractivity contribution in [3.63, 3.8) is 0 Å². The van der Waals surface area contributed by atoms with Crippen LogP contribution in [0.2, 0.25) is 0 Å². The molecule has 0 amide bonds. The van der Waals surface area contributed by atoms with Crippen LogP contribution in [0.5, 0.6) is 0 Å². The Morgan fingerprint density at radius 1 is 1.19 bits per heavy atom. The molecule has 7 nitrogen and oxygen atoms in total. The first-order chi connectivity index (χ1) is 16.1. The number of pyridine rings is 1. The fraction of sp³-hybridized carbons (Fsp3) is 0.435. The molecule has 2 aromatic heterocycles. The molecule has 0 atom stereocenters. The van der Waals surface area contributed by atoms with Crippen LogP contribution in [0.15, 0.2) is 46.3 Å². The predicted molar refractivity (Wildman–Crippen MR) is 119 cm³/mol. The molecule has 3 fully saturated rings. The molecular weight excluding hydrogens is 414 g/mol. The maximum absolute atomic E-state index is 13.2. The normalized spacial score (nSPS) is 22.3. The summed E-state index contributed by atoms with van der Waals surface area (Å²) in [5, 5.41) is -0.0239. The van der Waals surface area contributed by atoms with E-state index in [2.05, 4.69) is 9.88 Å². The average molecular weight is 443 g/mol. The van der Waals surface area contributed by atoms with Crippen LogP contribution in [-0.4, -0.2) is 49.5 Å². The Labute approximate surface area is 184 Å². The Balaban J connectivity index is 1.56. The smallest absolute Gasteiger partial charge is 0.274 e. The fourth-order valence-electron chi connectivity index (χ4n) is 5.06. The van der Waals surface area contributed by atoms with Crippen molar-refractivity contribution in [2.24, 2.45) is 12.4 Å². The van der Waals surface area contributed by atoms with Gasteiger partial charge >= 0.3 is 0 Å². The van der Waals surface area contributed by atoms with Gasteiger partial charge in [-0.15, -0.1) is 0 Å². The van der Waals surface area contributed by atoms with Crippen molar-refractivity contribution in [2.45, 2.75) is 29.4 Å².